The molecule has 2 heterocycles. The molecule has 1 aromatic carbocycles. The largest absolute Gasteiger partial charge is 0.506 e. The number of aliphatic hydroxyl groups is 1. The highest BCUT2D eigenvalue weighted by Crippen LogP contribution is 2.30. The van der Waals surface area contributed by atoms with Crippen molar-refractivity contribution < 1.29 is 14.6 Å². The summed E-state index contributed by atoms with van der Waals surface area (Å²) in [6.07, 6.45) is 3.38. The Morgan fingerprint density at radius 2 is 2.24 bits per heavy atom. The van der Waals surface area contributed by atoms with E-state index in [1.807, 2.05) is 0 Å². The molecule has 4 nitrogen and oxygen atoms in total. The highest BCUT2D eigenvalue weighted by molar-refractivity contribution is 6.33. The van der Waals surface area contributed by atoms with Crippen LogP contribution in [0.5, 0.6) is 5.75 Å². The molecule has 0 saturated heterocycles. The summed E-state index contributed by atoms with van der Waals surface area (Å²) in [7, 11) is 0. The molecule has 2 aromatic rings. The van der Waals surface area contributed by atoms with Gasteiger partial charge in [-0.05, 0) is 48.2 Å². The molecule has 1 atom stereocenters. The number of hydrogen-bond acceptors (Lipinski definition) is 4. The first-order valence-electron chi connectivity index (χ1n) is 8.17. The third-order valence-corrected chi connectivity index (χ3v) is 4.64. The van der Waals surface area contributed by atoms with Crippen LogP contribution in [0.25, 0.3) is 11.9 Å². The first-order valence-corrected chi connectivity index (χ1v) is 8.55. The second-order valence-electron chi connectivity index (χ2n) is 6.35. The lowest BCUT2D eigenvalue weighted by Crippen LogP contribution is -2.35. The van der Waals surface area contributed by atoms with E-state index in [-0.39, 0.29) is 22.6 Å². The summed E-state index contributed by atoms with van der Waals surface area (Å²) in [5.74, 6) is -0.582. The van der Waals surface area contributed by atoms with Gasteiger partial charge in [-0.25, -0.2) is 4.39 Å². The topological polar surface area (TPSA) is 56.6 Å². The fourth-order valence-corrected chi connectivity index (χ4v) is 3.20. The van der Waals surface area contributed by atoms with Gasteiger partial charge in [0, 0.05) is 25.8 Å². The summed E-state index contributed by atoms with van der Waals surface area (Å²) in [6.45, 7) is 3.91. The molecule has 0 radical (unpaired) electrons. The van der Waals surface area contributed by atoms with Gasteiger partial charge in [0.05, 0.1) is 16.8 Å². The summed E-state index contributed by atoms with van der Waals surface area (Å²) >= 11 is 5.99. The maximum absolute atomic E-state index is 14.6. The summed E-state index contributed by atoms with van der Waals surface area (Å²) in [4.78, 5) is 6.38. The van der Waals surface area contributed by atoms with Crippen LogP contribution in [-0.4, -0.2) is 39.3 Å². The van der Waals surface area contributed by atoms with Crippen LogP contribution in [0.2, 0.25) is 5.02 Å². The van der Waals surface area contributed by atoms with Gasteiger partial charge < -0.3 is 10.2 Å². The number of pyridine rings is 1. The molecule has 0 amide bonds. The molecule has 25 heavy (non-hydrogen) atoms. The van der Waals surface area contributed by atoms with E-state index in [1.54, 1.807) is 31.3 Å². The van der Waals surface area contributed by atoms with E-state index in [2.05, 4.69) is 9.88 Å². The van der Waals surface area contributed by atoms with Gasteiger partial charge in [-0.3, -0.25) is 9.88 Å². The number of fused-ring (bicyclic) bond motifs is 1. The van der Waals surface area contributed by atoms with Crippen LogP contribution in [0.4, 0.5) is 4.39 Å². The van der Waals surface area contributed by atoms with Crippen LogP contribution in [-0.2, 0) is 13.0 Å². The highest BCUT2D eigenvalue weighted by atomic mass is 35.5. The quantitative estimate of drug-likeness (QED) is 0.871. The number of phenolic OH excluding ortho intramolecular Hbond substituents is 1. The first-order chi connectivity index (χ1) is 11.9. The first kappa shape index (κ1) is 17.9. The third-order valence-electron chi connectivity index (χ3n) is 4.23. The molecule has 3 rings (SSSR count). The summed E-state index contributed by atoms with van der Waals surface area (Å²) in [5.41, 5.74) is 2.78. The van der Waals surface area contributed by atoms with Crippen molar-refractivity contribution in [1.82, 2.24) is 9.88 Å². The van der Waals surface area contributed by atoms with Gasteiger partial charge in [0.1, 0.15) is 11.6 Å². The van der Waals surface area contributed by atoms with Crippen LogP contribution in [0.1, 0.15) is 29.3 Å². The van der Waals surface area contributed by atoms with E-state index in [0.29, 0.717) is 18.7 Å². The SMILES string of the molecule is C[C@@H](O)CN1CCc2cc(/C(F)=C/c3cccc(O)c3Cl)ncc2C1. The second kappa shape index (κ2) is 7.52. The lowest BCUT2D eigenvalue weighted by molar-refractivity contribution is 0.119. The molecule has 2 N–H and O–H groups in total. The number of aliphatic hydroxyl groups excluding tert-OH is 1. The van der Waals surface area contributed by atoms with Crippen LogP contribution < -0.4 is 0 Å². The number of nitrogens with zero attached hydrogens (tertiary/aromatic N) is 2. The molecular weight excluding hydrogens is 343 g/mol. The molecule has 1 aromatic heterocycles. The van der Waals surface area contributed by atoms with Crippen LogP contribution in [0, 0.1) is 0 Å². The molecule has 0 fully saturated rings. The number of halogens is 2. The Balaban J connectivity index is 1.83. The lowest BCUT2D eigenvalue weighted by atomic mass is 10.0. The molecule has 6 heteroatoms. The average molecular weight is 363 g/mol. The van der Waals surface area contributed by atoms with Gasteiger partial charge in [-0.1, -0.05) is 23.7 Å². The summed E-state index contributed by atoms with van der Waals surface area (Å²) < 4.78 is 14.6. The van der Waals surface area contributed by atoms with Crippen molar-refractivity contribution in [2.24, 2.45) is 0 Å². The fourth-order valence-electron chi connectivity index (χ4n) is 3.02. The highest BCUT2D eigenvalue weighted by Gasteiger charge is 2.19. The Kier molecular flexibility index (Phi) is 5.37. The number of aromatic nitrogens is 1. The van der Waals surface area contributed by atoms with E-state index in [9.17, 15) is 14.6 Å². The van der Waals surface area contributed by atoms with E-state index in [0.717, 1.165) is 24.1 Å². The maximum atomic E-state index is 14.6. The predicted octanol–water partition coefficient (Wildman–Crippen LogP) is 3.65. The Bertz CT molecular complexity index is 808. The zero-order chi connectivity index (χ0) is 18.0. The zero-order valence-electron chi connectivity index (χ0n) is 13.9. The van der Waals surface area contributed by atoms with Crippen molar-refractivity contribution in [1.29, 1.82) is 0 Å². The Hall–Kier alpha value is -1.95. The minimum absolute atomic E-state index is 0.0835. The number of phenols is 1. The second-order valence-corrected chi connectivity index (χ2v) is 6.72. The molecule has 1 aliphatic heterocycles. The van der Waals surface area contributed by atoms with E-state index >= 15 is 0 Å². The smallest absolute Gasteiger partial charge is 0.149 e. The standard InChI is InChI=1S/C19H20ClFN2O2/c1-12(24)10-23-6-5-13-8-17(22-9-15(13)11-23)16(21)7-14-3-2-4-18(25)19(14)20/h2-4,7-9,12,24-25H,5-6,10-11H2,1H3/b16-7-/t12-/m1/s1. The average Bonchev–Trinajstić information content (AvgIpc) is 2.58. The zero-order valence-corrected chi connectivity index (χ0v) is 14.7. The molecular formula is C19H20ClFN2O2. The van der Waals surface area contributed by atoms with E-state index < -0.39 is 5.83 Å². The van der Waals surface area contributed by atoms with Crippen molar-refractivity contribution >= 4 is 23.5 Å². The van der Waals surface area contributed by atoms with Gasteiger partial charge in [-0.2, -0.15) is 0 Å². The van der Waals surface area contributed by atoms with Gasteiger partial charge in [-0.15, -0.1) is 0 Å². The molecule has 132 valence electrons. The lowest BCUT2D eigenvalue weighted by Gasteiger charge is -2.29. The molecule has 0 saturated carbocycles. The van der Waals surface area contributed by atoms with Crippen molar-refractivity contribution in [3.05, 3.63) is 57.9 Å². The number of aromatic hydroxyl groups is 1. The van der Waals surface area contributed by atoms with Gasteiger partial charge in [0.15, 0.2) is 0 Å². The summed E-state index contributed by atoms with van der Waals surface area (Å²) in [5, 5.41) is 19.2. The van der Waals surface area contributed by atoms with Crippen molar-refractivity contribution in [3.63, 3.8) is 0 Å². The minimum Gasteiger partial charge on any atom is -0.506 e. The number of hydrogen-bond donors (Lipinski definition) is 2. The number of rotatable bonds is 4. The Labute approximate surface area is 151 Å². The van der Waals surface area contributed by atoms with Crippen molar-refractivity contribution in [3.8, 4) is 5.75 Å². The van der Waals surface area contributed by atoms with Gasteiger partial charge >= 0.3 is 0 Å². The third kappa shape index (κ3) is 4.18. The molecule has 1 aliphatic rings. The molecule has 0 spiro atoms. The van der Waals surface area contributed by atoms with Crippen molar-refractivity contribution in [2.75, 3.05) is 13.1 Å². The number of β-amino-alcohol motifs (C(OH)–C–C–N with tert-alkyl or cyclic N) is 1. The monoisotopic (exact) mass is 362 g/mol. The van der Waals surface area contributed by atoms with Gasteiger partial charge in [0.2, 0.25) is 0 Å². The molecule has 0 aliphatic carbocycles. The number of benzene rings is 1. The Morgan fingerprint density at radius 3 is 3.00 bits per heavy atom. The fraction of sp³-hybridized carbons (Fsp3) is 0.316. The van der Waals surface area contributed by atoms with Crippen molar-refractivity contribution in [2.45, 2.75) is 26.0 Å². The maximum Gasteiger partial charge on any atom is 0.149 e. The molecule has 0 bridgehead atoms. The summed E-state index contributed by atoms with van der Waals surface area (Å²) in [6, 6.07) is 6.45. The Morgan fingerprint density at radius 1 is 1.44 bits per heavy atom. The van der Waals surface area contributed by atoms with Crippen LogP contribution in [0.3, 0.4) is 0 Å². The van der Waals surface area contributed by atoms with Crippen LogP contribution in [0.15, 0.2) is 30.5 Å². The van der Waals surface area contributed by atoms with E-state index in [1.165, 1.54) is 12.1 Å². The predicted molar refractivity (Wildman–Crippen MR) is 97.0 cm³/mol. The molecule has 0 unspecified atom stereocenters. The van der Waals surface area contributed by atoms with Gasteiger partial charge in [0.25, 0.3) is 0 Å². The van der Waals surface area contributed by atoms with E-state index in [4.69, 9.17) is 11.6 Å². The normalized spacial score (nSPS) is 16.6. The van der Waals surface area contributed by atoms with Crippen LogP contribution >= 0.6 is 11.6 Å². The minimum atomic E-state index is -0.498.